The van der Waals surface area contributed by atoms with Crippen LogP contribution in [-0.2, 0) is 5.41 Å². The highest BCUT2D eigenvalue weighted by molar-refractivity contribution is 7.26. The molecule has 0 saturated carbocycles. The lowest BCUT2D eigenvalue weighted by molar-refractivity contribution is 0.660. The summed E-state index contributed by atoms with van der Waals surface area (Å²) in [6.07, 6.45) is 5.60. The maximum Gasteiger partial charge on any atom is 0.0465 e. The lowest BCUT2D eigenvalue weighted by atomic mass is 9.82. The zero-order chi connectivity index (χ0) is 36.7. The molecule has 0 N–H and O–H groups in total. The van der Waals surface area contributed by atoms with Crippen molar-refractivity contribution in [1.82, 2.24) is 0 Å². The first kappa shape index (κ1) is 32.2. The minimum atomic E-state index is -0.0843. The number of fused-ring (bicyclic) bond motifs is 9. The molecule has 1 atom stereocenters. The van der Waals surface area contributed by atoms with Gasteiger partial charge in [0.2, 0.25) is 0 Å². The smallest absolute Gasteiger partial charge is 0.0465 e. The SMILES string of the molecule is CC1(C)c2ccccc2-c2ccc(N(c3ccc(-c4ccc5sc6ccc7ccccc7c6c5c4)cc3)c3ccc(C4CC=Cc5ccccc54)cc3)cc21. The van der Waals surface area contributed by atoms with Gasteiger partial charge in [-0.05, 0) is 122 Å². The Kier molecular flexibility index (Phi) is 7.27. The average molecular weight is 722 g/mol. The number of benzene rings is 8. The second kappa shape index (κ2) is 12.4. The van der Waals surface area contributed by atoms with Crippen molar-refractivity contribution >= 4 is 65.4 Å². The van der Waals surface area contributed by atoms with Crippen molar-refractivity contribution in [3.8, 4) is 22.3 Å². The van der Waals surface area contributed by atoms with Gasteiger partial charge in [-0.25, -0.2) is 0 Å². The van der Waals surface area contributed by atoms with E-state index in [4.69, 9.17) is 0 Å². The van der Waals surface area contributed by atoms with Gasteiger partial charge in [0.1, 0.15) is 0 Å². The third-order valence-electron chi connectivity index (χ3n) is 12.2. The molecule has 0 fully saturated rings. The quantitative estimate of drug-likeness (QED) is 0.171. The summed E-state index contributed by atoms with van der Waals surface area (Å²) in [4.78, 5) is 2.43. The maximum absolute atomic E-state index is 2.43. The summed E-state index contributed by atoms with van der Waals surface area (Å²) in [6, 6.07) is 63.6. The molecule has 2 aliphatic carbocycles. The van der Waals surface area contributed by atoms with Crippen LogP contribution in [0, 0.1) is 0 Å². The molecule has 0 spiro atoms. The third-order valence-corrected chi connectivity index (χ3v) is 13.4. The normalized spacial score (nSPS) is 15.3. The molecule has 2 heteroatoms. The second-order valence-electron chi connectivity index (χ2n) is 15.7. The number of allylic oxidation sites excluding steroid dienone is 1. The van der Waals surface area contributed by atoms with E-state index in [0.717, 1.165) is 17.8 Å². The first-order chi connectivity index (χ1) is 27.0. The molecule has 0 amide bonds. The van der Waals surface area contributed by atoms with Gasteiger partial charge in [0.25, 0.3) is 0 Å². The van der Waals surface area contributed by atoms with Crippen LogP contribution in [0.1, 0.15) is 54.0 Å². The monoisotopic (exact) mass is 721 g/mol. The van der Waals surface area contributed by atoms with E-state index in [0.29, 0.717) is 5.92 Å². The minimum absolute atomic E-state index is 0.0843. The van der Waals surface area contributed by atoms with Crippen molar-refractivity contribution in [2.75, 3.05) is 4.90 Å². The molecule has 0 aliphatic heterocycles. The highest BCUT2D eigenvalue weighted by Crippen LogP contribution is 2.51. The topological polar surface area (TPSA) is 3.24 Å². The van der Waals surface area contributed by atoms with Crippen LogP contribution in [0.2, 0.25) is 0 Å². The predicted molar refractivity (Wildman–Crippen MR) is 236 cm³/mol. The molecule has 1 aromatic heterocycles. The first-order valence-electron chi connectivity index (χ1n) is 19.4. The Morgan fingerprint density at radius 3 is 2.11 bits per heavy atom. The van der Waals surface area contributed by atoms with Gasteiger partial charge in [-0.1, -0.05) is 141 Å². The Morgan fingerprint density at radius 1 is 0.545 bits per heavy atom. The van der Waals surface area contributed by atoms with Crippen LogP contribution in [-0.4, -0.2) is 0 Å². The standard InChI is InChI=1S/C53H39NS/c1-53(2)48-17-8-7-15-45(48)46-29-28-41(33-49(46)53)54(40-26-20-37(21-27-40)43-16-9-12-35-10-3-5-13-42(35)43)39-24-18-34(19-25-39)38-23-30-50-47(32-38)52-44-14-6-4-11-36(44)22-31-51(52)55-50/h3-15,17-33,43H,16H2,1-2H3. The van der Waals surface area contributed by atoms with Crippen LogP contribution in [0.3, 0.4) is 0 Å². The molecule has 262 valence electrons. The van der Waals surface area contributed by atoms with E-state index in [1.807, 2.05) is 11.3 Å². The molecule has 55 heavy (non-hydrogen) atoms. The average Bonchev–Trinajstić information content (AvgIpc) is 3.73. The fraction of sp³-hybridized carbons (Fsp3) is 0.0943. The highest BCUT2D eigenvalue weighted by Gasteiger charge is 2.35. The van der Waals surface area contributed by atoms with Crippen molar-refractivity contribution in [2.45, 2.75) is 31.6 Å². The lowest BCUT2D eigenvalue weighted by Crippen LogP contribution is -2.16. The summed E-state index contributed by atoms with van der Waals surface area (Å²) >= 11 is 1.88. The van der Waals surface area contributed by atoms with Gasteiger partial charge in [-0.2, -0.15) is 0 Å². The molecule has 2 aliphatic rings. The van der Waals surface area contributed by atoms with E-state index in [9.17, 15) is 0 Å². The lowest BCUT2D eigenvalue weighted by Gasteiger charge is -2.29. The van der Waals surface area contributed by atoms with Crippen LogP contribution < -0.4 is 4.90 Å². The maximum atomic E-state index is 2.43. The summed E-state index contributed by atoms with van der Waals surface area (Å²) in [5, 5.41) is 5.31. The van der Waals surface area contributed by atoms with Crippen molar-refractivity contribution in [3.63, 3.8) is 0 Å². The molecule has 1 nitrogen and oxygen atoms in total. The van der Waals surface area contributed by atoms with E-state index in [1.165, 1.54) is 86.7 Å². The Balaban J connectivity index is 1.01. The Labute approximate surface area is 326 Å². The van der Waals surface area contributed by atoms with E-state index in [1.54, 1.807) is 0 Å². The molecule has 9 aromatic rings. The van der Waals surface area contributed by atoms with Gasteiger partial charge in [-0.15, -0.1) is 11.3 Å². The summed E-state index contributed by atoms with van der Waals surface area (Å²) in [7, 11) is 0. The van der Waals surface area contributed by atoms with Crippen molar-refractivity contribution in [2.24, 2.45) is 0 Å². The molecular weight excluding hydrogens is 683 g/mol. The number of rotatable bonds is 5. The summed E-state index contributed by atoms with van der Waals surface area (Å²) in [6.45, 7) is 4.73. The largest absolute Gasteiger partial charge is 0.310 e. The highest BCUT2D eigenvalue weighted by atomic mass is 32.1. The number of hydrogen-bond acceptors (Lipinski definition) is 2. The molecule has 0 saturated heterocycles. The molecular formula is C53H39NS. The first-order valence-corrected chi connectivity index (χ1v) is 20.2. The van der Waals surface area contributed by atoms with E-state index in [-0.39, 0.29) is 5.41 Å². The predicted octanol–water partition coefficient (Wildman–Crippen LogP) is 15.2. The molecule has 8 aromatic carbocycles. The molecule has 1 heterocycles. The Morgan fingerprint density at radius 2 is 1.24 bits per heavy atom. The van der Waals surface area contributed by atoms with Gasteiger partial charge in [-0.3, -0.25) is 0 Å². The van der Waals surface area contributed by atoms with Gasteiger partial charge in [0, 0.05) is 48.6 Å². The zero-order valence-corrected chi connectivity index (χ0v) is 31.8. The Bertz CT molecular complexity index is 2980. The molecule has 11 rings (SSSR count). The van der Waals surface area contributed by atoms with Gasteiger partial charge in [0.15, 0.2) is 0 Å². The van der Waals surface area contributed by atoms with Gasteiger partial charge < -0.3 is 4.90 Å². The van der Waals surface area contributed by atoms with Gasteiger partial charge >= 0.3 is 0 Å². The fourth-order valence-electron chi connectivity index (χ4n) is 9.42. The minimum Gasteiger partial charge on any atom is -0.310 e. The van der Waals surface area contributed by atoms with Crippen LogP contribution in [0.15, 0.2) is 176 Å². The molecule has 1 unspecified atom stereocenters. The van der Waals surface area contributed by atoms with Crippen molar-refractivity contribution < 1.29 is 0 Å². The molecule has 0 radical (unpaired) electrons. The van der Waals surface area contributed by atoms with Crippen molar-refractivity contribution in [3.05, 3.63) is 204 Å². The third kappa shape index (κ3) is 5.13. The number of thiophene rings is 1. The van der Waals surface area contributed by atoms with E-state index >= 15 is 0 Å². The Hall–Kier alpha value is -6.22. The number of hydrogen-bond donors (Lipinski definition) is 0. The number of nitrogens with zero attached hydrogens (tertiary/aromatic N) is 1. The van der Waals surface area contributed by atoms with Crippen molar-refractivity contribution in [1.29, 1.82) is 0 Å². The number of anilines is 3. The summed E-state index contributed by atoms with van der Waals surface area (Å²) in [5.74, 6) is 0.359. The fourth-order valence-corrected chi connectivity index (χ4v) is 10.5. The summed E-state index contributed by atoms with van der Waals surface area (Å²) in [5.41, 5.74) is 15.4. The zero-order valence-electron chi connectivity index (χ0n) is 31.0. The van der Waals surface area contributed by atoms with Crippen LogP contribution in [0.25, 0.3) is 59.3 Å². The van der Waals surface area contributed by atoms with Gasteiger partial charge in [0.05, 0.1) is 0 Å². The van der Waals surface area contributed by atoms with Crippen LogP contribution >= 0.6 is 11.3 Å². The summed E-state index contributed by atoms with van der Waals surface area (Å²) < 4.78 is 2.67. The van der Waals surface area contributed by atoms with E-state index < -0.39 is 0 Å². The second-order valence-corrected chi connectivity index (χ2v) is 16.8. The molecule has 0 bridgehead atoms. The van der Waals surface area contributed by atoms with E-state index in [2.05, 4.69) is 201 Å². The van der Waals surface area contributed by atoms with Crippen LogP contribution in [0.4, 0.5) is 17.1 Å². The van der Waals surface area contributed by atoms with Crippen LogP contribution in [0.5, 0.6) is 0 Å².